The molecule has 0 amide bonds. The van der Waals surface area contributed by atoms with Crippen molar-refractivity contribution >= 4 is 11.6 Å². The second-order valence-corrected chi connectivity index (χ2v) is 4.97. The number of hydrogen-bond acceptors (Lipinski definition) is 5. The molecule has 1 aliphatic rings. The van der Waals surface area contributed by atoms with E-state index in [0.29, 0.717) is 11.9 Å². The zero-order chi connectivity index (χ0) is 13.3. The number of hydrogen-bond donors (Lipinski definition) is 1. The molecule has 0 aromatic carbocycles. The highest BCUT2D eigenvalue weighted by atomic mass is 16.5. The van der Waals surface area contributed by atoms with Gasteiger partial charge in [0.15, 0.2) is 0 Å². The van der Waals surface area contributed by atoms with Gasteiger partial charge in [0.05, 0.1) is 18.8 Å². The molecule has 2 N–H and O–H groups in total. The van der Waals surface area contributed by atoms with Crippen molar-refractivity contribution in [3.63, 3.8) is 0 Å². The van der Waals surface area contributed by atoms with Crippen LogP contribution in [0.3, 0.4) is 0 Å². The van der Waals surface area contributed by atoms with Crippen molar-refractivity contribution in [2.24, 2.45) is 0 Å². The third-order valence-electron chi connectivity index (χ3n) is 3.40. The van der Waals surface area contributed by atoms with Gasteiger partial charge in [0.2, 0.25) is 0 Å². The Morgan fingerprint density at radius 1 is 1.39 bits per heavy atom. The number of rotatable bonds is 2. The number of nitrogens with two attached hydrogens (primary N) is 1. The molecule has 2 heterocycles. The van der Waals surface area contributed by atoms with Gasteiger partial charge >= 0.3 is 0 Å². The summed E-state index contributed by atoms with van der Waals surface area (Å²) < 4.78 is 5.65. The largest absolute Gasteiger partial charge is 0.383 e. The molecule has 0 bridgehead atoms. The molecular formula is C13H22N4O. The van der Waals surface area contributed by atoms with Crippen LogP contribution in [0.25, 0.3) is 0 Å². The average molecular weight is 250 g/mol. The molecule has 5 heteroatoms. The molecule has 100 valence electrons. The molecule has 1 aromatic rings. The van der Waals surface area contributed by atoms with Gasteiger partial charge in [-0.05, 0) is 20.8 Å². The summed E-state index contributed by atoms with van der Waals surface area (Å²) in [6.45, 7) is 9.83. The number of aryl methyl sites for hydroxylation is 1. The van der Waals surface area contributed by atoms with Gasteiger partial charge in [0.1, 0.15) is 17.5 Å². The third kappa shape index (κ3) is 2.41. The normalized spacial score (nSPS) is 24.3. The SMILES string of the molecule is CCc1nc(N)c(C)c(N2CC(C)OCC2C)n1. The maximum absolute atomic E-state index is 5.97. The summed E-state index contributed by atoms with van der Waals surface area (Å²) in [5.41, 5.74) is 6.94. The van der Waals surface area contributed by atoms with E-state index < -0.39 is 0 Å². The van der Waals surface area contributed by atoms with E-state index >= 15 is 0 Å². The van der Waals surface area contributed by atoms with Crippen molar-refractivity contribution < 1.29 is 4.74 Å². The Morgan fingerprint density at radius 3 is 2.78 bits per heavy atom. The van der Waals surface area contributed by atoms with Crippen LogP contribution < -0.4 is 10.6 Å². The summed E-state index contributed by atoms with van der Waals surface area (Å²) >= 11 is 0. The zero-order valence-corrected chi connectivity index (χ0v) is 11.6. The Hall–Kier alpha value is -1.36. The number of aromatic nitrogens is 2. The van der Waals surface area contributed by atoms with Gasteiger partial charge in [-0.3, -0.25) is 0 Å². The highest BCUT2D eigenvalue weighted by Crippen LogP contribution is 2.26. The lowest BCUT2D eigenvalue weighted by atomic mass is 10.1. The van der Waals surface area contributed by atoms with Gasteiger partial charge < -0.3 is 15.4 Å². The second-order valence-electron chi connectivity index (χ2n) is 4.97. The summed E-state index contributed by atoms with van der Waals surface area (Å²) in [4.78, 5) is 11.2. The van der Waals surface area contributed by atoms with Crippen LogP contribution >= 0.6 is 0 Å². The van der Waals surface area contributed by atoms with Crippen LogP contribution in [-0.4, -0.2) is 35.3 Å². The van der Waals surface area contributed by atoms with E-state index in [2.05, 4.69) is 28.7 Å². The van der Waals surface area contributed by atoms with E-state index in [1.165, 1.54) is 0 Å². The van der Waals surface area contributed by atoms with E-state index in [4.69, 9.17) is 10.5 Å². The second kappa shape index (κ2) is 5.10. The third-order valence-corrected chi connectivity index (χ3v) is 3.40. The summed E-state index contributed by atoms with van der Waals surface area (Å²) in [6, 6.07) is 0.318. The fourth-order valence-corrected chi connectivity index (χ4v) is 2.20. The molecule has 1 aromatic heterocycles. The Bertz CT molecular complexity index is 435. The molecule has 18 heavy (non-hydrogen) atoms. The quantitative estimate of drug-likeness (QED) is 0.862. The number of nitrogens with zero attached hydrogens (tertiary/aromatic N) is 3. The van der Waals surface area contributed by atoms with Crippen LogP contribution in [0.5, 0.6) is 0 Å². The number of nitrogen functional groups attached to an aromatic ring is 1. The van der Waals surface area contributed by atoms with Crippen molar-refractivity contribution in [1.29, 1.82) is 0 Å². The molecular weight excluding hydrogens is 228 g/mol. The summed E-state index contributed by atoms with van der Waals surface area (Å²) in [6.07, 6.45) is 1.02. The van der Waals surface area contributed by atoms with Gasteiger partial charge in [-0.1, -0.05) is 6.92 Å². The summed E-state index contributed by atoms with van der Waals surface area (Å²) in [5.74, 6) is 2.35. The summed E-state index contributed by atoms with van der Waals surface area (Å²) in [5, 5.41) is 0. The highest BCUT2D eigenvalue weighted by molar-refractivity contribution is 5.57. The Kier molecular flexibility index (Phi) is 3.71. The van der Waals surface area contributed by atoms with Crippen molar-refractivity contribution in [3.8, 4) is 0 Å². The molecule has 0 aliphatic carbocycles. The maximum atomic E-state index is 5.97. The molecule has 0 radical (unpaired) electrons. The van der Waals surface area contributed by atoms with Gasteiger partial charge in [0, 0.05) is 18.5 Å². The van der Waals surface area contributed by atoms with E-state index in [1.54, 1.807) is 0 Å². The van der Waals surface area contributed by atoms with Gasteiger partial charge in [-0.25, -0.2) is 9.97 Å². The lowest BCUT2D eigenvalue weighted by Gasteiger charge is -2.38. The fraction of sp³-hybridized carbons (Fsp3) is 0.692. The molecule has 1 aliphatic heterocycles. The van der Waals surface area contributed by atoms with E-state index in [-0.39, 0.29) is 6.10 Å². The number of morpholine rings is 1. The smallest absolute Gasteiger partial charge is 0.137 e. The van der Waals surface area contributed by atoms with Gasteiger partial charge in [-0.15, -0.1) is 0 Å². The van der Waals surface area contributed by atoms with Gasteiger partial charge in [-0.2, -0.15) is 0 Å². The molecule has 2 atom stereocenters. The Balaban J connectivity index is 2.39. The molecule has 1 saturated heterocycles. The monoisotopic (exact) mass is 250 g/mol. The highest BCUT2D eigenvalue weighted by Gasteiger charge is 2.26. The predicted octanol–water partition coefficient (Wildman–Crippen LogP) is 1.54. The average Bonchev–Trinajstić information content (AvgIpc) is 2.35. The van der Waals surface area contributed by atoms with Crippen LogP contribution in [0.15, 0.2) is 0 Å². The van der Waals surface area contributed by atoms with Crippen LogP contribution in [-0.2, 0) is 11.2 Å². The Labute approximate surface area is 108 Å². The minimum Gasteiger partial charge on any atom is -0.383 e. The number of ether oxygens (including phenoxy) is 1. The summed E-state index contributed by atoms with van der Waals surface area (Å²) in [7, 11) is 0. The Morgan fingerprint density at radius 2 is 2.11 bits per heavy atom. The van der Waals surface area contributed by atoms with Crippen molar-refractivity contribution in [1.82, 2.24) is 9.97 Å². The predicted molar refractivity (Wildman–Crippen MR) is 72.8 cm³/mol. The van der Waals surface area contributed by atoms with Crippen LogP contribution in [0.4, 0.5) is 11.6 Å². The lowest BCUT2D eigenvalue weighted by molar-refractivity contribution is 0.0340. The van der Waals surface area contributed by atoms with Crippen molar-refractivity contribution in [3.05, 3.63) is 11.4 Å². The first kappa shape index (κ1) is 13.1. The van der Waals surface area contributed by atoms with Crippen molar-refractivity contribution in [2.45, 2.75) is 46.3 Å². The molecule has 1 fully saturated rings. The molecule has 2 unspecified atom stereocenters. The molecule has 5 nitrogen and oxygen atoms in total. The first-order chi connectivity index (χ1) is 8.52. The number of anilines is 2. The van der Waals surface area contributed by atoms with E-state index in [1.807, 2.05) is 13.8 Å². The molecule has 0 saturated carbocycles. The van der Waals surface area contributed by atoms with Crippen molar-refractivity contribution in [2.75, 3.05) is 23.8 Å². The topological polar surface area (TPSA) is 64.3 Å². The lowest BCUT2D eigenvalue weighted by Crippen LogP contribution is -2.48. The molecule has 0 spiro atoms. The first-order valence-electron chi connectivity index (χ1n) is 6.54. The van der Waals surface area contributed by atoms with Crippen LogP contribution in [0, 0.1) is 6.92 Å². The minimum absolute atomic E-state index is 0.224. The van der Waals surface area contributed by atoms with Gasteiger partial charge in [0.25, 0.3) is 0 Å². The van der Waals surface area contributed by atoms with Crippen LogP contribution in [0.1, 0.15) is 32.2 Å². The maximum Gasteiger partial charge on any atom is 0.137 e. The minimum atomic E-state index is 0.224. The van der Waals surface area contributed by atoms with E-state index in [0.717, 1.165) is 36.8 Å². The van der Waals surface area contributed by atoms with Crippen LogP contribution in [0.2, 0.25) is 0 Å². The first-order valence-corrected chi connectivity index (χ1v) is 6.54. The zero-order valence-electron chi connectivity index (χ0n) is 11.6. The standard InChI is InChI=1S/C13H22N4O/c1-5-11-15-12(14)10(4)13(16-11)17-6-9(3)18-7-8(17)2/h8-9H,5-7H2,1-4H3,(H2,14,15,16). The van der Waals surface area contributed by atoms with E-state index in [9.17, 15) is 0 Å². The molecule has 2 rings (SSSR count). The fourth-order valence-electron chi connectivity index (χ4n) is 2.20.